The number of fused-ring (bicyclic) bond motifs is 1. The summed E-state index contributed by atoms with van der Waals surface area (Å²) in [5.41, 5.74) is 2.33. The normalized spacial score (nSPS) is 26.8. The molecule has 1 aromatic carbocycles. The Hall–Kier alpha value is -1.43. The van der Waals surface area contributed by atoms with E-state index in [1.54, 1.807) is 4.90 Å². The topological polar surface area (TPSA) is 64.6 Å². The summed E-state index contributed by atoms with van der Waals surface area (Å²) in [6.45, 7) is 3.88. The van der Waals surface area contributed by atoms with Crippen LogP contribution < -0.4 is 10.6 Å². The summed E-state index contributed by atoms with van der Waals surface area (Å²) in [6, 6.07) is 8.11. The number of benzene rings is 1. The zero-order chi connectivity index (χ0) is 13.9. The van der Waals surface area contributed by atoms with Crippen LogP contribution in [0.3, 0.4) is 0 Å². The van der Waals surface area contributed by atoms with Gasteiger partial charge in [-0.15, -0.1) is 0 Å². The molecule has 0 spiro atoms. The largest absolute Gasteiger partial charge is 0.390 e. The lowest BCUT2D eigenvalue weighted by Crippen LogP contribution is -2.44. The zero-order valence-electron chi connectivity index (χ0n) is 11.5. The lowest BCUT2D eigenvalue weighted by Gasteiger charge is -2.31. The molecule has 2 aliphatic heterocycles. The molecule has 0 aromatic heterocycles. The number of carbonyl (C=O) groups excluding carboxylic acids is 1. The highest BCUT2D eigenvalue weighted by atomic mass is 16.3. The number of hydrogen-bond donors (Lipinski definition) is 3. The maximum atomic E-state index is 12.8. The monoisotopic (exact) mass is 275 g/mol. The molecule has 2 heterocycles. The van der Waals surface area contributed by atoms with Gasteiger partial charge in [-0.25, -0.2) is 0 Å². The van der Waals surface area contributed by atoms with Crippen LogP contribution in [0, 0.1) is 0 Å². The smallest absolute Gasteiger partial charge is 0.231 e. The number of amides is 1. The standard InChI is InChI=1S/C15H21N3O2/c19-12-8-16-5-6-18(10-12)15(20)14-9-17-7-11-3-1-2-4-13(11)14/h1-4,12,14,16-17,19H,5-10H2. The fraction of sp³-hybridized carbons (Fsp3) is 0.533. The highest BCUT2D eigenvalue weighted by molar-refractivity contribution is 5.85. The number of β-amino-alcohol motifs (C(OH)–C–C–N with tert-alkyl or cyclic N) is 1. The van der Waals surface area contributed by atoms with Gasteiger partial charge in [0.1, 0.15) is 0 Å². The van der Waals surface area contributed by atoms with Crippen LogP contribution >= 0.6 is 0 Å². The Balaban J connectivity index is 1.80. The summed E-state index contributed by atoms with van der Waals surface area (Å²) in [5.74, 6) is -0.0161. The van der Waals surface area contributed by atoms with E-state index >= 15 is 0 Å². The van der Waals surface area contributed by atoms with Gasteiger partial charge in [-0.3, -0.25) is 4.79 Å². The number of hydrogen-bond acceptors (Lipinski definition) is 4. The molecule has 0 saturated carbocycles. The maximum absolute atomic E-state index is 12.8. The summed E-state index contributed by atoms with van der Waals surface area (Å²) in [7, 11) is 0. The summed E-state index contributed by atoms with van der Waals surface area (Å²) < 4.78 is 0. The van der Waals surface area contributed by atoms with Crippen molar-refractivity contribution in [2.24, 2.45) is 0 Å². The highest BCUT2D eigenvalue weighted by Gasteiger charge is 2.31. The molecular weight excluding hydrogens is 254 g/mol. The van der Waals surface area contributed by atoms with Crippen molar-refractivity contribution in [3.8, 4) is 0 Å². The van der Waals surface area contributed by atoms with Crippen LogP contribution in [0.25, 0.3) is 0 Å². The minimum Gasteiger partial charge on any atom is -0.390 e. The molecule has 1 aromatic rings. The van der Waals surface area contributed by atoms with Gasteiger partial charge in [-0.05, 0) is 11.1 Å². The fourth-order valence-electron chi connectivity index (χ4n) is 3.03. The third-order valence-corrected chi connectivity index (χ3v) is 4.07. The number of nitrogens with zero attached hydrogens (tertiary/aromatic N) is 1. The predicted octanol–water partition coefficient (Wildman–Crippen LogP) is -0.334. The third-order valence-electron chi connectivity index (χ3n) is 4.07. The summed E-state index contributed by atoms with van der Waals surface area (Å²) in [6.07, 6.45) is -0.478. The molecule has 1 amide bonds. The molecule has 0 radical (unpaired) electrons. The van der Waals surface area contributed by atoms with Gasteiger partial charge in [0.2, 0.25) is 5.91 Å². The van der Waals surface area contributed by atoms with Crippen molar-refractivity contribution >= 4 is 5.91 Å². The second-order valence-electron chi connectivity index (χ2n) is 5.52. The Morgan fingerprint density at radius 2 is 2.10 bits per heavy atom. The molecule has 20 heavy (non-hydrogen) atoms. The lowest BCUT2D eigenvalue weighted by molar-refractivity contribution is -0.133. The average molecular weight is 275 g/mol. The Morgan fingerprint density at radius 3 is 3.00 bits per heavy atom. The second-order valence-corrected chi connectivity index (χ2v) is 5.52. The molecule has 108 valence electrons. The number of aliphatic hydroxyl groups is 1. The van der Waals surface area contributed by atoms with E-state index in [9.17, 15) is 9.90 Å². The van der Waals surface area contributed by atoms with Gasteiger partial charge in [0.15, 0.2) is 0 Å². The number of nitrogens with one attached hydrogen (secondary N) is 2. The van der Waals surface area contributed by atoms with E-state index in [4.69, 9.17) is 0 Å². The molecule has 1 fully saturated rings. The van der Waals surface area contributed by atoms with Crippen LogP contribution in [-0.4, -0.2) is 54.7 Å². The van der Waals surface area contributed by atoms with Gasteiger partial charge in [0, 0.05) is 39.3 Å². The molecule has 0 bridgehead atoms. The number of carbonyl (C=O) groups is 1. The van der Waals surface area contributed by atoms with Gasteiger partial charge in [-0.1, -0.05) is 24.3 Å². The van der Waals surface area contributed by atoms with E-state index in [2.05, 4.69) is 16.7 Å². The van der Waals surface area contributed by atoms with E-state index in [0.29, 0.717) is 26.2 Å². The Bertz CT molecular complexity index is 492. The third kappa shape index (κ3) is 2.70. The molecule has 3 N–H and O–H groups in total. The zero-order valence-corrected chi connectivity index (χ0v) is 11.5. The van der Waals surface area contributed by atoms with E-state index in [-0.39, 0.29) is 11.8 Å². The van der Waals surface area contributed by atoms with Crippen molar-refractivity contribution < 1.29 is 9.90 Å². The van der Waals surface area contributed by atoms with Crippen molar-refractivity contribution in [3.05, 3.63) is 35.4 Å². The molecular formula is C15H21N3O2. The van der Waals surface area contributed by atoms with Gasteiger partial charge in [-0.2, -0.15) is 0 Å². The van der Waals surface area contributed by atoms with Crippen molar-refractivity contribution in [1.82, 2.24) is 15.5 Å². The van der Waals surface area contributed by atoms with Crippen molar-refractivity contribution in [2.75, 3.05) is 32.7 Å². The van der Waals surface area contributed by atoms with Crippen LogP contribution in [0.2, 0.25) is 0 Å². The highest BCUT2D eigenvalue weighted by Crippen LogP contribution is 2.25. The Kier molecular flexibility index (Phi) is 4.00. The Labute approximate surface area is 119 Å². The number of rotatable bonds is 1. The molecule has 1 saturated heterocycles. The summed E-state index contributed by atoms with van der Waals surface area (Å²) in [4.78, 5) is 14.6. The average Bonchev–Trinajstić information content (AvgIpc) is 2.70. The van der Waals surface area contributed by atoms with Crippen LogP contribution in [0.5, 0.6) is 0 Å². The minimum atomic E-state index is -0.478. The molecule has 3 rings (SSSR count). The molecule has 2 unspecified atom stereocenters. The number of aliphatic hydroxyl groups excluding tert-OH is 1. The fourth-order valence-corrected chi connectivity index (χ4v) is 3.03. The predicted molar refractivity (Wildman–Crippen MR) is 76.3 cm³/mol. The maximum Gasteiger partial charge on any atom is 0.231 e. The van der Waals surface area contributed by atoms with Crippen molar-refractivity contribution in [2.45, 2.75) is 18.6 Å². The first-order valence-electron chi connectivity index (χ1n) is 7.22. The van der Waals surface area contributed by atoms with Gasteiger partial charge in [0.25, 0.3) is 0 Å². The van der Waals surface area contributed by atoms with Gasteiger partial charge >= 0.3 is 0 Å². The summed E-state index contributed by atoms with van der Waals surface area (Å²) in [5, 5.41) is 16.3. The molecule has 5 nitrogen and oxygen atoms in total. The quantitative estimate of drug-likeness (QED) is 0.656. The molecule has 5 heteroatoms. The van der Waals surface area contributed by atoms with Crippen LogP contribution in [0.4, 0.5) is 0 Å². The molecule has 2 atom stereocenters. The second kappa shape index (κ2) is 5.91. The molecule has 2 aliphatic rings. The summed E-state index contributed by atoms with van der Waals surface area (Å²) >= 11 is 0. The lowest BCUT2D eigenvalue weighted by atomic mass is 9.89. The first kappa shape index (κ1) is 13.5. The Morgan fingerprint density at radius 1 is 1.25 bits per heavy atom. The van der Waals surface area contributed by atoms with Crippen molar-refractivity contribution in [3.63, 3.8) is 0 Å². The van der Waals surface area contributed by atoms with E-state index in [1.807, 2.05) is 18.2 Å². The minimum absolute atomic E-state index is 0.118. The van der Waals surface area contributed by atoms with Gasteiger partial charge < -0.3 is 20.6 Å². The van der Waals surface area contributed by atoms with E-state index in [1.165, 1.54) is 5.56 Å². The van der Waals surface area contributed by atoms with Crippen LogP contribution in [0.15, 0.2) is 24.3 Å². The molecule has 0 aliphatic carbocycles. The first-order valence-corrected chi connectivity index (χ1v) is 7.22. The van der Waals surface area contributed by atoms with Crippen LogP contribution in [0.1, 0.15) is 17.0 Å². The first-order chi connectivity index (χ1) is 9.75. The van der Waals surface area contributed by atoms with E-state index < -0.39 is 6.10 Å². The van der Waals surface area contributed by atoms with Gasteiger partial charge in [0.05, 0.1) is 12.0 Å². The van der Waals surface area contributed by atoms with E-state index in [0.717, 1.165) is 18.7 Å². The van der Waals surface area contributed by atoms with Crippen LogP contribution in [-0.2, 0) is 11.3 Å². The van der Waals surface area contributed by atoms with Crippen molar-refractivity contribution in [1.29, 1.82) is 0 Å². The SMILES string of the molecule is O=C(C1CNCc2ccccc21)N1CCNCC(O)C1.